The second-order valence-electron chi connectivity index (χ2n) is 7.67. The van der Waals surface area contributed by atoms with Crippen LogP contribution in [0.15, 0.2) is 64.6 Å². The molecular formula is C27H24BrFN2O3. The number of amides is 1. The van der Waals surface area contributed by atoms with Crippen LogP contribution >= 0.6 is 15.9 Å². The highest BCUT2D eigenvalue weighted by atomic mass is 79.9. The molecule has 1 N–H and O–H groups in total. The first-order chi connectivity index (χ1) is 16.3. The number of carbonyl (C=O) groups excluding carboxylic acids is 1. The van der Waals surface area contributed by atoms with Crippen molar-refractivity contribution in [2.75, 3.05) is 11.9 Å². The highest BCUT2D eigenvalue weighted by Crippen LogP contribution is 2.35. The van der Waals surface area contributed by atoms with Gasteiger partial charge in [-0.05, 0) is 85.5 Å². The van der Waals surface area contributed by atoms with E-state index in [0.29, 0.717) is 33.8 Å². The van der Waals surface area contributed by atoms with E-state index in [-0.39, 0.29) is 18.0 Å². The van der Waals surface area contributed by atoms with E-state index >= 15 is 0 Å². The summed E-state index contributed by atoms with van der Waals surface area (Å²) in [6.45, 7) is 6.35. The topological polar surface area (TPSA) is 71.3 Å². The number of ether oxygens (including phenoxy) is 2. The van der Waals surface area contributed by atoms with Crippen LogP contribution in [0.2, 0.25) is 0 Å². The number of rotatable bonds is 8. The van der Waals surface area contributed by atoms with Crippen LogP contribution in [0.25, 0.3) is 6.08 Å². The molecule has 5 nitrogen and oxygen atoms in total. The molecule has 3 aromatic rings. The number of hydrogen-bond acceptors (Lipinski definition) is 4. The molecule has 0 fully saturated rings. The van der Waals surface area contributed by atoms with Crippen LogP contribution in [-0.4, -0.2) is 12.5 Å². The predicted molar refractivity (Wildman–Crippen MR) is 134 cm³/mol. The first-order valence-corrected chi connectivity index (χ1v) is 11.4. The average Bonchev–Trinajstić information content (AvgIpc) is 2.78. The molecule has 0 unspecified atom stereocenters. The van der Waals surface area contributed by atoms with Gasteiger partial charge in [0.25, 0.3) is 5.91 Å². The Labute approximate surface area is 207 Å². The van der Waals surface area contributed by atoms with E-state index in [0.717, 1.165) is 16.7 Å². The Bertz CT molecular complexity index is 1240. The van der Waals surface area contributed by atoms with Gasteiger partial charge in [-0.3, -0.25) is 4.79 Å². The minimum atomic E-state index is -0.506. The zero-order chi connectivity index (χ0) is 24.7. The van der Waals surface area contributed by atoms with Crippen molar-refractivity contribution in [2.24, 2.45) is 0 Å². The molecule has 0 saturated heterocycles. The molecule has 0 saturated carbocycles. The Morgan fingerprint density at radius 1 is 1.06 bits per heavy atom. The first kappa shape index (κ1) is 25.0. The van der Waals surface area contributed by atoms with Crippen molar-refractivity contribution in [3.63, 3.8) is 0 Å². The molecule has 0 aliphatic carbocycles. The Morgan fingerprint density at radius 2 is 1.71 bits per heavy atom. The van der Waals surface area contributed by atoms with Crippen molar-refractivity contribution in [3.8, 4) is 17.6 Å². The SMILES string of the molecule is CCOc1cc(/C=C(\C#N)C(=O)Nc2cc(C)cc(C)c2)c(Br)cc1OCc1ccc(F)cc1. The summed E-state index contributed by atoms with van der Waals surface area (Å²) < 4.78 is 25.4. The Hall–Kier alpha value is -3.63. The molecule has 3 aromatic carbocycles. The largest absolute Gasteiger partial charge is 0.490 e. The lowest BCUT2D eigenvalue weighted by Gasteiger charge is -2.14. The third-order valence-corrected chi connectivity index (χ3v) is 5.50. The lowest BCUT2D eigenvalue weighted by atomic mass is 10.1. The van der Waals surface area contributed by atoms with E-state index < -0.39 is 5.91 Å². The minimum Gasteiger partial charge on any atom is -0.490 e. The summed E-state index contributed by atoms with van der Waals surface area (Å²) in [6, 6.07) is 17.1. The highest BCUT2D eigenvalue weighted by molar-refractivity contribution is 9.10. The number of halogens is 2. The number of nitrogens with one attached hydrogen (secondary N) is 1. The molecule has 0 aromatic heterocycles. The molecule has 0 aliphatic rings. The van der Waals surface area contributed by atoms with Crippen molar-refractivity contribution in [3.05, 3.63) is 92.7 Å². The highest BCUT2D eigenvalue weighted by Gasteiger charge is 2.15. The second kappa shape index (κ2) is 11.5. The van der Waals surface area contributed by atoms with E-state index in [1.807, 2.05) is 45.0 Å². The van der Waals surface area contributed by atoms with Gasteiger partial charge in [-0.1, -0.05) is 34.1 Å². The van der Waals surface area contributed by atoms with Gasteiger partial charge >= 0.3 is 0 Å². The molecule has 34 heavy (non-hydrogen) atoms. The molecular weight excluding hydrogens is 499 g/mol. The monoisotopic (exact) mass is 522 g/mol. The number of hydrogen-bond donors (Lipinski definition) is 1. The molecule has 1 amide bonds. The standard InChI is InChI=1S/C27H24BrFN2O3/c1-4-33-25-13-20(24(28)14-26(25)34-16-19-5-7-22(29)8-6-19)12-21(15-30)27(32)31-23-10-17(2)9-18(3)11-23/h5-14H,4,16H2,1-3H3,(H,31,32)/b21-12+. The number of benzene rings is 3. The summed E-state index contributed by atoms with van der Waals surface area (Å²) in [4.78, 5) is 12.7. The lowest BCUT2D eigenvalue weighted by Crippen LogP contribution is -2.13. The van der Waals surface area contributed by atoms with Gasteiger partial charge in [-0.2, -0.15) is 5.26 Å². The number of nitriles is 1. The number of nitrogens with zero attached hydrogens (tertiary/aromatic N) is 1. The smallest absolute Gasteiger partial charge is 0.266 e. The van der Waals surface area contributed by atoms with Crippen LogP contribution in [0.4, 0.5) is 10.1 Å². The molecule has 0 bridgehead atoms. The number of carbonyl (C=O) groups is 1. The summed E-state index contributed by atoms with van der Waals surface area (Å²) in [7, 11) is 0. The average molecular weight is 523 g/mol. The lowest BCUT2D eigenvalue weighted by molar-refractivity contribution is -0.112. The first-order valence-electron chi connectivity index (χ1n) is 10.6. The molecule has 0 heterocycles. The van der Waals surface area contributed by atoms with E-state index in [9.17, 15) is 14.4 Å². The Kier molecular flexibility index (Phi) is 8.44. The Morgan fingerprint density at radius 3 is 2.32 bits per heavy atom. The number of anilines is 1. The van der Waals surface area contributed by atoms with Gasteiger partial charge in [-0.15, -0.1) is 0 Å². The van der Waals surface area contributed by atoms with E-state index in [1.54, 1.807) is 24.3 Å². The van der Waals surface area contributed by atoms with E-state index in [2.05, 4.69) is 21.2 Å². The van der Waals surface area contributed by atoms with Crippen molar-refractivity contribution in [1.29, 1.82) is 5.26 Å². The molecule has 0 atom stereocenters. The third-order valence-electron chi connectivity index (χ3n) is 4.81. The summed E-state index contributed by atoms with van der Waals surface area (Å²) in [5.74, 6) is 0.126. The van der Waals surface area contributed by atoms with Crippen molar-refractivity contribution in [1.82, 2.24) is 0 Å². The molecule has 7 heteroatoms. The van der Waals surface area contributed by atoms with Gasteiger partial charge in [0, 0.05) is 10.2 Å². The summed E-state index contributed by atoms with van der Waals surface area (Å²) >= 11 is 3.49. The maximum absolute atomic E-state index is 13.1. The fourth-order valence-corrected chi connectivity index (χ4v) is 3.77. The minimum absolute atomic E-state index is 0.0534. The van der Waals surface area contributed by atoms with Crippen LogP contribution in [0, 0.1) is 31.0 Å². The van der Waals surface area contributed by atoms with Crippen LogP contribution in [0.5, 0.6) is 11.5 Å². The maximum atomic E-state index is 13.1. The molecule has 0 radical (unpaired) electrons. The summed E-state index contributed by atoms with van der Waals surface area (Å²) in [6.07, 6.45) is 1.49. The maximum Gasteiger partial charge on any atom is 0.266 e. The van der Waals surface area contributed by atoms with Gasteiger partial charge in [-0.25, -0.2) is 4.39 Å². The third kappa shape index (κ3) is 6.69. The van der Waals surface area contributed by atoms with Gasteiger partial charge in [0.05, 0.1) is 6.61 Å². The molecule has 3 rings (SSSR count). The van der Waals surface area contributed by atoms with Crippen LogP contribution in [0.3, 0.4) is 0 Å². The van der Waals surface area contributed by atoms with Gasteiger partial charge in [0.1, 0.15) is 24.1 Å². The summed E-state index contributed by atoms with van der Waals surface area (Å²) in [5.41, 5.74) is 3.99. The normalized spacial score (nSPS) is 11.0. The van der Waals surface area contributed by atoms with E-state index in [4.69, 9.17) is 9.47 Å². The number of aryl methyl sites for hydroxylation is 2. The van der Waals surface area contributed by atoms with Gasteiger partial charge in [0.2, 0.25) is 0 Å². The fourth-order valence-electron chi connectivity index (χ4n) is 3.33. The molecule has 0 aliphatic heterocycles. The second-order valence-corrected chi connectivity index (χ2v) is 8.52. The predicted octanol–water partition coefficient (Wildman–Crippen LogP) is 6.73. The zero-order valence-electron chi connectivity index (χ0n) is 19.1. The Balaban J connectivity index is 1.85. The summed E-state index contributed by atoms with van der Waals surface area (Å²) in [5, 5.41) is 12.4. The quantitative estimate of drug-likeness (QED) is 0.263. The molecule has 0 spiro atoms. The van der Waals surface area contributed by atoms with Crippen molar-refractivity contribution >= 4 is 33.6 Å². The zero-order valence-corrected chi connectivity index (χ0v) is 20.7. The molecule has 174 valence electrons. The van der Waals surface area contributed by atoms with Crippen LogP contribution in [0.1, 0.15) is 29.2 Å². The van der Waals surface area contributed by atoms with Crippen molar-refractivity contribution in [2.45, 2.75) is 27.4 Å². The van der Waals surface area contributed by atoms with Gasteiger partial charge in [0.15, 0.2) is 11.5 Å². The van der Waals surface area contributed by atoms with Gasteiger partial charge < -0.3 is 14.8 Å². The van der Waals surface area contributed by atoms with Crippen LogP contribution < -0.4 is 14.8 Å². The van der Waals surface area contributed by atoms with Crippen molar-refractivity contribution < 1.29 is 18.7 Å². The van der Waals surface area contributed by atoms with E-state index in [1.165, 1.54) is 18.2 Å². The fraction of sp³-hybridized carbons (Fsp3) is 0.185. The van der Waals surface area contributed by atoms with Crippen LogP contribution in [-0.2, 0) is 11.4 Å².